The van der Waals surface area contributed by atoms with Gasteiger partial charge in [0.25, 0.3) is 0 Å². The fourth-order valence-electron chi connectivity index (χ4n) is 3.61. The van der Waals surface area contributed by atoms with Crippen LogP contribution in [0, 0.1) is 6.92 Å². The van der Waals surface area contributed by atoms with Gasteiger partial charge in [-0.1, -0.05) is 60.2 Å². The third kappa shape index (κ3) is 2.31. The summed E-state index contributed by atoms with van der Waals surface area (Å²) in [5, 5.41) is 2.42. The first-order chi connectivity index (χ1) is 12.8. The van der Waals surface area contributed by atoms with E-state index in [9.17, 15) is 0 Å². The Kier molecular flexibility index (Phi) is 3.36. The molecule has 2 heterocycles. The molecule has 0 aliphatic heterocycles. The van der Waals surface area contributed by atoms with Crippen LogP contribution in [-0.4, -0.2) is 9.55 Å². The van der Waals surface area contributed by atoms with Crippen LogP contribution in [0.1, 0.15) is 5.56 Å². The van der Waals surface area contributed by atoms with Crippen molar-refractivity contribution < 1.29 is 0 Å². The first-order valence-electron chi connectivity index (χ1n) is 8.83. The Morgan fingerprint density at radius 2 is 1.31 bits per heavy atom. The number of pyridine rings is 1. The standard InChI is InChI=1S/C24H18N2/c1-17-8-10-18(11-9-17)19-12-14-20(15-13-19)26-23-7-3-2-5-21(23)22-6-4-16-25-24(22)26/h2-16H,1H3. The average Bonchev–Trinajstić information content (AvgIpc) is 3.03. The molecule has 5 aromatic rings. The van der Waals surface area contributed by atoms with Crippen molar-refractivity contribution in [2.75, 3.05) is 0 Å². The van der Waals surface area contributed by atoms with Crippen molar-refractivity contribution in [3.8, 4) is 16.8 Å². The van der Waals surface area contributed by atoms with Gasteiger partial charge in [-0.25, -0.2) is 4.98 Å². The van der Waals surface area contributed by atoms with Crippen LogP contribution in [0.4, 0.5) is 0 Å². The maximum Gasteiger partial charge on any atom is 0.145 e. The minimum Gasteiger partial charge on any atom is -0.294 e. The molecule has 2 aromatic heterocycles. The molecule has 0 saturated heterocycles. The molecule has 0 saturated carbocycles. The van der Waals surface area contributed by atoms with E-state index in [2.05, 4.69) is 95.3 Å². The van der Waals surface area contributed by atoms with E-state index in [1.165, 1.54) is 33.0 Å². The molecule has 0 unspecified atom stereocenters. The molecule has 0 aliphatic rings. The number of benzene rings is 3. The molecule has 2 nitrogen and oxygen atoms in total. The molecule has 5 rings (SSSR count). The average molecular weight is 334 g/mol. The zero-order valence-electron chi connectivity index (χ0n) is 14.6. The SMILES string of the molecule is Cc1ccc(-c2ccc(-n3c4ccccc4c4cccnc43)cc2)cc1. The molecule has 124 valence electrons. The number of para-hydroxylation sites is 1. The lowest BCUT2D eigenvalue weighted by Crippen LogP contribution is -1.95. The maximum absolute atomic E-state index is 4.65. The highest BCUT2D eigenvalue weighted by Gasteiger charge is 2.12. The highest BCUT2D eigenvalue weighted by atomic mass is 15.0. The lowest BCUT2D eigenvalue weighted by atomic mass is 10.0. The largest absolute Gasteiger partial charge is 0.294 e. The van der Waals surface area contributed by atoms with Crippen LogP contribution in [0.3, 0.4) is 0 Å². The van der Waals surface area contributed by atoms with E-state index in [4.69, 9.17) is 0 Å². The van der Waals surface area contributed by atoms with Crippen LogP contribution in [0.5, 0.6) is 0 Å². The van der Waals surface area contributed by atoms with Gasteiger partial charge in [-0.3, -0.25) is 4.57 Å². The Morgan fingerprint density at radius 3 is 2.08 bits per heavy atom. The normalized spacial score (nSPS) is 11.3. The first kappa shape index (κ1) is 14.9. The number of nitrogens with zero attached hydrogens (tertiary/aromatic N) is 2. The molecular formula is C24H18N2. The van der Waals surface area contributed by atoms with Crippen molar-refractivity contribution in [2.24, 2.45) is 0 Å². The monoisotopic (exact) mass is 334 g/mol. The summed E-state index contributed by atoms with van der Waals surface area (Å²) in [6.07, 6.45) is 1.86. The van der Waals surface area contributed by atoms with E-state index in [0.29, 0.717) is 0 Å². The van der Waals surface area contributed by atoms with Gasteiger partial charge < -0.3 is 0 Å². The highest BCUT2D eigenvalue weighted by molar-refractivity contribution is 6.07. The van der Waals surface area contributed by atoms with Crippen molar-refractivity contribution in [1.29, 1.82) is 0 Å². The Balaban J connectivity index is 1.69. The van der Waals surface area contributed by atoms with Gasteiger partial charge in [0.05, 0.1) is 5.52 Å². The summed E-state index contributed by atoms with van der Waals surface area (Å²) in [5.74, 6) is 0. The molecule has 0 aliphatic carbocycles. The Morgan fingerprint density at radius 1 is 0.654 bits per heavy atom. The van der Waals surface area contributed by atoms with Gasteiger partial charge in [0.15, 0.2) is 0 Å². The Bertz CT molecular complexity index is 1160. The van der Waals surface area contributed by atoms with E-state index in [1.54, 1.807) is 0 Å². The van der Waals surface area contributed by atoms with Crippen molar-refractivity contribution in [2.45, 2.75) is 6.92 Å². The number of hydrogen-bond acceptors (Lipinski definition) is 1. The van der Waals surface area contributed by atoms with Crippen LogP contribution < -0.4 is 0 Å². The second kappa shape index (κ2) is 5.85. The zero-order valence-corrected chi connectivity index (χ0v) is 14.6. The van der Waals surface area contributed by atoms with Gasteiger partial charge in [-0.05, 0) is 48.4 Å². The number of rotatable bonds is 2. The van der Waals surface area contributed by atoms with Gasteiger partial charge in [0.2, 0.25) is 0 Å². The Labute approximate surface area is 152 Å². The van der Waals surface area contributed by atoms with Crippen molar-refractivity contribution >= 4 is 21.9 Å². The molecule has 0 spiro atoms. The summed E-state index contributed by atoms with van der Waals surface area (Å²) < 4.78 is 2.24. The van der Waals surface area contributed by atoms with E-state index in [0.717, 1.165) is 11.3 Å². The summed E-state index contributed by atoms with van der Waals surface area (Å²) in [5.41, 5.74) is 7.05. The summed E-state index contributed by atoms with van der Waals surface area (Å²) >= 11 is 0. The topological polar surface area (TPSA) is 17.8 Å². The molecule has 0 fully saturated rings. The summed E-state index contributed by atoms with van der Waals surface area (Å²) in [4.78, 5) is 4.65. The quantitative estimate of drug-likeness (QED) is 0.378. The van der Waals surface area contributed by atoms with E-state index < -0.39 is 0 Å². The van der Waals surface area contributed by atoms with Crippen molar-refractivity contribution in [1.82, 2.24) is 9.55 Å². The molecule has 0 radical (unpaired) electrons. The minimum absolute atomic E-state index is 0.997. The Hall–Kier alpha value is -3.39. The van der Waals surface area contributed by atoms with Crippen LogP contribution in [0.15, 0.2) is 91.1 Å². The first-order valence-corrected chi connectivity index (χ1v) is 8.83. The van der Waals surface area contributed by atoms with Crippen LogP contribution >= 0.6 is 0 Å². The van der Waals surface area contributed by atoms with E-state index >= 15 is 0 Å². The zero-order chi connectivity index (χ0) is 17.5. The number of aromatic nitrogens is 2. The van der Waals surface area contributed by atoms with E-state index in [1.807, 2.05) is 12.3 Å². The van der Waals surface area contributed by atoms with Crippen molar-refractivity contribution in [3.63, 3.8) is 0 Å². The predicted octanol–water partition coefficient (Wildman–Crippen LogP) is 6.15. The molecule has 0 atom stereocenters. The van der Waals surface area contributed by atoms with Gasteiger partial charge in [0, 0.05) is 22.7 Å². The van der Waals surface area contributed by atoms with Crippen LogP contribution in [-0.2, 0) is 0 Å². The van der Waals surface area contributed by atoms with Crippen LogP contribution in [0.2, 0.25) is 0 Å². The second-order valence-corrected chi connectivity index (χ2v) is 6.64. The number of aryl methyl sites for hydroxylation is 1. The molecular weight excluding hydrogens is 316 g/mol. The van der Waals surface area contributed by atoms with Crippen LogP contribution in [0.25, 0.3) is 38.8 Å². The molecule has 0 N–H and O–H groups in total. The third-order valence-corrected chi connectivity index (χ3v) is 4.94. The smallest absolute Gasteiger partial charge is 0.145 e. The van der Waals surface area contributed by atoms with Crippen molar-refractivity contribution in [3.05, 3.63) is 96.7 Å². The lowest BCUT2D eigenvalue weighted by Gasteiger charge is -2.09. The number of hydrogen-bond donors (Lipinski definition) is 0. The second-order valence-electron chi connectivity index (χ2n) is 6.64. The molecule has 0 bridgehead atoms. The summed E-state index contributed by atoms with van der Waals surface area (Å²) in [7, 11) is 0. The van der Waals surface area contributed by atoms with Gasteiger partial charge >= 0.3 is 0 Å². The number of fused-ring (bicyclic) bond motifs is 3. The van der Waals surface area contributed by atoms with Gasteiger partial charge in [0.1, 0.15) is 5.65 Å². The molecule has 26 heavy (non-hydrogen) atoms. The lowest BCUT2D eigenvalue weighted by molar-refractivity contribution is 1.14. The molecule has 2 heteroatoms. The molecule has 3 aromatic carbocycles. The summed E-state index contributed by atoms with van der Waals surface area (Å²) in [6.45, 7) is 2.11. The highest BCUT2D eigenvalue weighted by Crippen LogP contribution is 2.31. The predicted molar refractivity (Wildman–Crippen MR) is 109 cm³/mol. The van der Waals surface area contributed by atoms with Gasteiger partial charge in [-0.2, -0.15) is 0 Å². The van der Waals surface area contributed by atoms with Gasteiger partial charge in [-0.15, -0.1) is 0 Å². The minimum atomic E-state index is 0.997. The fourth-order valence-corrected chi connectivity index (χ4v) is 3.61. The molecule has 0 amide bonds. The fraction of sp³-hybridized carbons (Fsp3) is 0.0417. The third-order valence-electron chi connectivity index (χ3n) is 4.94. The summed E-state index contributed by atoms with van der Waals surface area (Å²) in [6, 6.07) is 30.0. The maximum atomic E-state index is 4.65. The van der Waals surface area contributed by atoms with E-state index in [-0.39, 0.29) is 0 Å².